The van der Waals surface area contributed by atoms with Crippen LogP contribution in [0.1, 0.15) is 25.6 Å². The van der Waals surface area contributed by atoms with E-state index in [1.807, 2.05) is 13.8 Å². The van der Waals surface area contributed by atoms with Crippen molar-refractivity contribution in [3.63, 3.8) is 0 Å². The lowest BCUT2D eigenvalue weighted by molar-refractivity contribution is 0.0941. The number of benzene rings is 1. The minimum atomic E-state index is -0.320. The molecule has 0 aliphatic carbocycles. The Morgan fingerprint density at radius 2 is 2.20 bits per heavy atom. The van der Waals surface area contributed by atoms with Crippen LogP contribution in [0.15, 0.2) is 24.4 Å². The number of halogens is 1. The summed E-state index contributed by atoms with van der Waals surface area (Å²) in [6.07, 6.45) is 1.65. The molecule has 2 rings (SSSR count). The van der Waals surface area contributed by atoms with Crippen molar-refractivity contribution >= 4 is 16.7 Å². The maximum absolute atomic E-state index is 13.0. The fraction of sp³-hybridized carbons (Fsp3) is 0.250. The molecular weight excluding hydrogens is 193 g/mol. The lowest BCUT2D eigenvalue weighted by Crippen LogP contribution is -2.06. The summed E-state index contributed by atoms with van der Waals surface area (Å²) in [7, 11) is 0. The molecule has 3 heteroatoms. The monoisotopic (exact) mass is 207 g/mol. The number of Topliss-reactive ketones (excluding diaryl/α,β-unsaturated/α-hetero) is 1. The average molecular weight is 207 g/mol. The quantitative estimate of drug-likeness (QED) is 0.752. The largest absolute Gasteiger partial charge is 0.360 e. The third kappa shape index (κ3) is 1.65. The van der Waals surface area contributed by atoms with Gasteiger partial charge in [0.15, 0.2) is 5.78 Å². The third-order valence-corrected chi connectivity index (χ3v) is 2.43. The molecule has 0 spiro atoms. The van der Waals surface area contributed by atoms with E-state index in [0.717, 1.165) is 5.52 Å². The van der Waals surface area contributed by atoms with E-state index in [2.05, 4.69) is 4.98 Å². The second-order valence-electron chi connectivity index (χ2n) is 3.91. The van der Waals surface area contributed by atoms with Crippen molar-refractivity contribution in [2.75, 3.05) is 0 Å². The summed E-state index contributed by atoms with van der Waals surface area (Å²) in [5.41, 5.74) is 1.36. The molecule has 0 radical (unpaired) electrons. The molecule has 0 unspecified atom stereocenters. The van der Waals surface area contributed by atoms with Crippen LogP contribution in [0.2, 0.25) is 0 Å². The summed E-state index contributed by atoms with van der Waals surface area (Å²) in [5.74, 6) is -0.362. The number of nitrogens with one attached hydrogen (secondary N) is 1. The van der Waals surface area contributed by atoms with E-state index in [1.54, 1.807) is 12.3 Å². The summed E-state index contributed by atoms with van der Waals surface area (Å²) >= 11 is 0. The number of fused-ring (bicyclic) bond motifs is 1. The van der Waals surface area contributed by atoms with Crippen LogP contribution in [0.25, 0.3) is 10.9 Å². The Hall–Kier alpha value is -1.64. The van der Waals surface area contributed by atoms with Gasteiger partial charge >= 0.3 is 0 Å². The molecule has 2 aromatic rings. The smallest absolute Gasteiger partial charge is 0.167 e. The molecule has 0 amide bonds. The van der Waals surface area contributed by atoms with E-state index >= 15 is 0 Å². The van der Waals surface area contributed by atoms with E-state index in [9.17, 15) is 9.18 Å². The third-order valence-electron chi connectivity index (χ3n) is 2.43. The minimum absolute atomic E-state index is 0. The van der Waals surface area contributed by atoms with Crippen molar-refractivity contribution in [1.82, 2.24) is 4.98 Å². The van der Waals surface area contributed by atoms with Crippen molar-refractivity contribution in [2.45, 2.75) is 13.8 Å². The first-order valence-corrected chi connectivity index (χ1v) is 4.90. The minimum Gasteiger partial charge on any atom is -0.360 e. The number of H-pyrrole nitrogens is 1. The molecule has 0 saturated carbocycles. The highest BCUT2D eigenvalue weighted by Gasteiger charge is 2.15. The van der Waals surface area contributed by atoms with Gasteiger partial charge in [-0.1, -0.05) is 13.8 Å². The highest BCUT2D eigenvalue weighted by atomic mass is 19.1. The number of aromatic amines is 1. The van der Waals surface area contributed by atoms with Crippen LogP contribution in [-0.4, -0.2) is 10.8 Å². The lowest BCUT2D eigenvalue weighted by Gasteiger charge is -2.01. The van der Waals surface area contributed by atoms with Crippen molar-refractivity contribution in [2.24, 2.45) is 5.92 Å². The number of rotatable bonds is 2. The van der Waals surface area contributed by atoms with Gasteiger partial charge in [0, 0.05) is 30.0 Å². The number of ketones is 1. The van der Waals surface area contributed by atoms with Gasteiger partial charge in [0.1, 0.15) is 5.82 Å². The first-order valence-electron chi connectivity index (χ1n) is 4.90. The number of hydrogen-bond donors (Lipinski definition) is 1. The van der Waals surface area contributed by atoms with Gasteiger partial charge in [-0.2, -0.15) is 0 Å². The van der Waals surface area contributed by atoms with E-state index in [1.165, 1.54) is 12.1 Å². The predicted molar refractivity (Wildman–Crippen MR) is 59.5 cm³/mol. The van der Waals surface area contributed by atoms with Crippen LogP contribution >= 0.6 is 0 Å². The van der Waals surface area contributed by atoms with E-state index in [0.29, 0.717) is 10.9 Å². The summed E-state index contributed by atoms with van der Waals surface area (Å²) in [4.78, 5) is 14.8. The molecule has 1 heterocycles. The highest BCUT2D eigenvalue weighted by molar-refractivity contribution is 6.08. The normalized spacial score (nSPS) is 11.2. The van der Waals surface area contributed by atoms with Crippen LogP contribution in [0.3, 0.4) is 0 Å². The Kier molecular flexibility index (Phi) is 2.31. The van der Waals surface area contributed by atoms with Crippen LogP contribution < -0.4 is 0 Å². The maximum Gasteiger partial charge on any atom is 0.167 e. The maximum atomic E-state index is 13.0. The summed E-state index contributed by atoms with van der Waals surface area (Å²) in [6, 6.07) is 4.41. The average Bonchev–Trinajstić information content (AvgIpc) is 2.59. The lowest BCUT2D eigenvalue weighted by atomic mass is 10.0. The zero-order valence-electron chi connectivity index (χ0n) is 8.67. The highest BCUT2D eigenvalue weighted by Crippen LogP contribution is 2.21. The first kappa shape index (κ1) is 9.90. The molecule has 0 atom stereocenters. The number of hydrogen-bond acceptors (Lipinski definition) is 1. The van der Waals surface area contributed by atoms with Crippen molar-refractivity contribution in [3.8, 4) is 0 Å². The summed E-state index contributed by atoms with van der Waals surface area (Å²) < 4.78 is 13.0. The molecule has 0 aliphatic rings. The molecule has 1 N–H and O–H groups in total. The molecule has 15 heavy (non-hydrogen) atoms. The predicted octanol–water partition coefficient (Wildman–Crippen LogP) is 3.39. The molecule has 2 nitrogen and oxygen atoms in total. The summed E-state index contributed by atoms with van der Waals surface area (Å²) in [5, 5.41) is 0.661. The van der Waals surface area contributed by atoms with Crippen molar-refractivity contribution < 1.29 is 10.6 Å². The fourth-order valence-corrected chi connectivity index (χ4v) is 1.61. The SMILES string of the molecule is CC(C)C(=O)c1c[nH]c2ccc(F)cc12.[HH]. The molecule has 0 aliphatic heterocycles. The Morgan fingerprint density at radius 1 is 1.47 bits per heavy atom. The van der Waals surface area contributed by atoms with Crippen LogP contribution in [0.5, 0.6) is 0 Å². The molecule has 80 valence electrons. The van der Waals surface area contributed by atoms with Crippen LogP contribution in [-0.2, 0) is 0 Å². The van der Waals surface area contributed by atoms with Crippen molar-refractivity contribution in [1.29, 1.82) is 0 Å². The molecule has 1 aromatic heterocycles. The first-order chi connectivity index (χ1) is 7.09. The Morgan fingerprint density at radius 3 is 2.87 bits per heavy atom. The zero-order valence-corrected chi connectivity index (χ0v) is 8.67. The topological polar surface area (TPSA) is 32.9 Å². The van der Waals surface area contributed by atoms with Crippen LogP contribution in [0.4, 0.5) is 4.39 Å². The van der Waals surface area contributed by atoms with Gasteiger partial charge in [-0.3, -0.25) is 4.79 Å². The number of carbonyl (C=O) groups excluding carboxylic acids is 1. The number of carbonyl (C=O) groups is 1. The van der Waals surface area contributed by atoms with Crippen LogP contribution in [0, 0.1) is 11.7 Å². The standard InChI is InChI=1S/C12H12FNO.H2/c1-7(2)12(15)10-6-14-11-4-3-8(13)5-9(10)11;/h3-7,14H,1-2H3;1H. The van der Waals surface area contributed by atoms with Gasteiger partial charge in [-0.25, -0.2) is 4.39 Å². The molecular formula is C12H14FNO. The second kappa shape index (κ2) is 3.50. The van der Waals surface area contributed by atoms with E-state index in [-0.39, 0.29) is 18.9 Å². The van der Waals surface area contributed by atoms with Gasteiger partial charge in [0.25, 0.3) is 0 Å². The Balaban J connectivity index is 0.00000128. The van der Waals surface area contributed by atoms with Crippen molar-refractivity contribution in [3.05, 3.63) is 35.8 Å². The second-order valence-corrected chi connectivity index (χ2v) is 3.91. The Bertz CT molecular complexity index is 519. The van der Waals surface area contributed by atoms with Gasteiger partial charge in [0.05, 0.1) is 0 Å². The zero-order chi connectivity index (χ0) is 11.0. The molecule has 0 saturated heterocycles. The molecule has 0 bridgehead atoms. The molecule has 0 fully saturated rings. The number of aromatic nitrogens is 1. The molecule has 1 aromatic carbocycles. The van der Waals surface area contributed by atoms with Gasteiger partial charge in [-0.15, -0.1) is 0 Å². The Labute approximate surface area is 88.6 Å². The van der Waals surface area contributed by atoms with Gasteiger partial charge in [0.2, 0.25) is 0 Å². The van der Waals surface area contributed by atoms with E-state index in [4.69, 9.17) is 0 Å². The summed E-state index contributed by atoms with van der Waals surface area (Å²) in [6.45, 7) is 3.67. The van der Waals surface area contributed by atoms with E-state index < -0.39 is 0 Å². The van der Waals surface area contributed by atoms with Gasteiger partial charge < -0.3 is 4.98 Å². The fourth-order valence-electron chi connectivity index (χ4n) is 1.61. The van der Waals surface area contributed by atoms with Gasteiger partial charge in [-0.05, 0) is 18.2 Å².